The first-order valence-corrected chi connectivity index (χ1v) is 9.11. The molecule has 2 aromatic rings. The Hall–Kier alpha value is -1.76. The van der Waals surface area contributed by atoms with Crippen LogP contribution in [0.3, 0.4) is 0 Å². The number of hydrogen-bond acceptors (Lipinski definition) is 3. The minimum atomic E-state index is 0.133. The minimum absolute atomic E-state index is 0.133. The Balaban J connectivity index is 1.64. The third-order valence-electron chi connectivity index (χ3n) is 4.36. The fraction of sp³-hybridized carbons (Fsp3) is 0.316. The number of carbonyl (C=O) groups is 1. The Bertz CT molecular complexity index is 723. The summed E-state index contributed by atoms with van der Waals surface area (Å²) >= 11 is 2.25. The van der Waals surface area contributed by atoms with Crippen LogP contribution in [0.2, 0.25) is 0 Å². The average molecular weight is 436 g/mol. The summed E-state index contributed by atoms with van der Waals surface area (Å²) in [5, 5.41) is 0. The Kier molecular flexibility index (Phi) is 5.28. The number of hydrogen-bond donors (Lipinski definition) is 0. The van der Waals surface area contributed by atoms with Gasteiger partial charge < -0.3 is 14.5 Å². The largest absolute Gasteiger partial charge is 0.497 e. The molecule has 5 heteroatoms. The SMILES string of the molecule is COc1ccc(N2CCN(C(=O)c3ccc(C)cc3I)CC2)cc1. The molecule has 1 saturated heterocycles. The number of ether oxygens (including phenoxy) is 1. The number of halogens is 1. The molecule has 1 aliphatic heterocycles. The van der Waals surface area contributed by atoms with Crippen LogP contribution in [0.25, 0.3) is 0 Å². The lowest BCUT2D eigenvalue weighted by Crippen LogP contribution is -2.49. The fourth-order valence-corrected chi connectivity index (χ4v) is 3.83. The Morgan fingerprint density at radius 3 is 2.29 bits per heavy atom. The van der Waals surface area contributed by atoms with Crippen molar-refractivity contribution in [1.29, 1.82) is 0 Å². The zero-order valence-corrected chi connectivity index (χ0v) is 16.1. The van der Waals surface area contributed by atoms with Gasteiger partial charge in [-0.2, -0.15) is 0 Å². The number of methoxy groups -OCH3 is 1. The molecule has 1 amide bonds. The summed E-state index contributed by atoms with van der Waals surface area (Å²) in [6.07, 6.45) is 0. The molecule has 0 saturated carbocycles. The molecule has 3 rings (SSSR count). The molecule has 0 aliphatic carbocycles. The van der Waals surface area contributed by atoms with E-state index in [0.29, 0.717) is 0 Å². The van der Waals surface area contributed by atoms with Crippen molar-refractivity contribution >= 4 is 34.2 Å². The van der Waals surface area contributed by atoms with Crippen LogP contribution in [-0.4, -0.2) is 44.1 Å². The summed E-state index contributed by atoms with van der Waals surface area (Å²) in [6.45, 7) is 5.23. The van der Waals surface area contributed by atoms with Crippen molar-refractivity contribution in [3.05, 3.63) is 57.2 Å². The van der Waals surface area contributed by atoms with Crippen molar-refractivity contribution in [2.45, 2.75) is 6.92 Å². The van der Waals surface area contributed by atoms with E-state index < -0.39 is 0 Å². The second-order valence-electron chi connectivity index (χ2n) is 5.96. The van der Waals surface area contributed by atoms with E-state index in [1.807, 2.05) is 36.1 Å². The van der Waals surface area contributed by atoms with Gasteiger partial charge in [0.25, 0.3) is 5.91 Å². The monoisotopic (exact) mass is 436 g/mol. The van der Waals surface area contributed by atoms with Gasteiger partial charge in [-0.3, -0.25) is 4.79 Å². The van der Waals surface area contributed by atoms with Crippen molar-refractivity contribution in [3.8, 4) is 5.75 Å². The van der Waals surface area contributed by atoms with Crippen molar-refractivity contribution in [2.24, 2.45) is 0 Å². The number of aryl methyl sites for hydroxylation is 1. The maximum absolute atomic E-state index is 12.7. The molecule has 0 N–H and O–H groups in total. The van der Waals surface area contributed by atoms with Crippen LogP contribution in [0.1, 0.15) is 15.9 Å². The van der Waals surface area contributed by atoms with E-state index in [0.717, 1.165) is 41.1 Å². The summed E-state index contributed by atoms with van der Waals surface area (Å²) in [5.74, 6) is 0.996. The molecule has 24 heavy (non-hydrogen) atoms. The first-order chi connectivity index (χ1) is 11.6. The molecular formula is C19H21IN2O2. The van der Waals surface area contributed by atoms with Gasteiger partial charge in [-0.15, -0.1) is 0 Å². The highest BCUT2D eigenvalue weighted by atomic mass is 127. The molecule has 2 aromatic carbocycles. The van der Waals surface area contributed by atoms with Gasteiger partial charge in [0, 0.05) is 35.4 Å². The van der Waals surface area contributed by atoms with Crippen LogP contribution >= 0.6 is 22.6 Å². The third-order valence-corrected chi connectivity index (χ3v) is 5.25. The molecular weight excluding hydrogens is 415 g/mol. The number of nitrogens with zero attached hydrogens (tertiary/aromatic N) is 2. The lowest BCUT2D eigenvalue weighted by Gasteiger charge is -2.36. The van der Waals surface area contributed by atoms with E-state index in [2.05, 4.69) is 45.7 Å². The van der Waals surface area contributed by atoms with Gasteiger partial charge in [0.2, 0.25) is 0 Å². The van der Waals surface area contributed by atoms with E-state index in [9.17, 15) is 4.79 Å². The molecule has 126 valence electrons. The second kappa shape index (κ2) is 7.42. The van der Waals surface area contributed by atoms with E-state index in [1.54, 1.807) is 7.11 Å². The summed E-state index contributed by atoms with van der Waals surface area (Å²) in [6, 6.07) is 14.1. The van der Waals surface area contributed by atoms with Crippen LogP contribution in [0, 0.1) is 10.5 Å². The molecule has 1 aliphatic rings. The fourth-order valence-electron chi connectivity index (χ4n) is 2.92. The van der Waals surface area contributed by atoms with Crippen LogP contribution < -0.4 is 9.64 Å². The molecule has 0 unspecified atom stereocenters. The highest BCUT2D eigenvalue weighted by Gasteiger charge is 2.23. The summed E-state index contributed by atoms with van der Waals surface area (Å²) in [5.41, 5.74) is 3.16. The summed E-state index contributed by atoms with van der Waals surface area (Å²) in [7, 11) is 1.67. The van der Waals surface area contributed by atoms with Gasteiger partial charge in [0.05, 0.1) is 12.7 Å². The summed E-state index contributed by atoms with van der Waals surface area (Å²) in [4.78, 5) is 17.0. The number of piperazine rings is 1. The van der Waals surface area contributed by atoms with Gasteiger partial charge in [-0.05, 0) is 65.9 Å². The standard InChI is InChI=1S/C19H21IN2O2/c1-14-3-8-17(18(20)13-14)19(23)22-11-9-21(10-12-22)15-4-6-16(24-2)7-5-15/h3-8,13H,9-12H2,1-2H3. The predicted molar refractivity (Wildman–Crippen MR) is 105 cm³/mol. The van der Waals surface area contributed by atoms with E-state index >= 15 is 0 Å². The number of anilines is 1. The van der Waals surface area contributed by atoms with Gasteiger partial charge in [0.1, 0.15) is 5.75 Å². The summed E-state index contributed by atoms with van der Waals surface area (Å²) < 4.78 is 6.22. The molecule has 1 heterocycles. The van der Waals surface area contributed by atoms with Crippen molar-refractivity contribution in [2.75, 3.05) is 38.2 Å². The van der Waals surface area contributed by atoms with Gasteiger partial charge in [-0.25, -0.2) is 0 Å². The van der Waals surface area contributed by atoms with E-state index in [-0.39, 0.29) is 5.91 Å². The van der Waals surface area contributed by atoms with Crippen molar-refractivity contribution in [3.63, 3.8) is 0 Å². The molecule has 1 fully saturated rings. The first kappa shape index (κ1) is 17.1. The first-order valence-electron chi connectivity index (χ1n) is 8.03. The predicted octanol–water partition coefficient (Wildman–Crippen LogP) is 3.57. The maximum atomic E-state index is 12.7. The molecule has 0 radical (unpaired) electrons. The smallest absolute Gasteiger partial charge is 0.255 e. The molecule has 0 bridgehead atoms. The zero-order valence-electron chi connectivity index (χ0n) is 14.0. The van der Waals surface area contributed by atoms with Gasteiger partial charge in [0.15, 0.2) is 0 Å². The minimum Gasteiger partial charge on any atom is -0.497 e. The van der Waals surface area contributed by atoms with Crippen molar-refractivity contribution < 1.29 is 9.53 Å². The highest BCUT2D eigenvalue weighted by molar-refractivity contribution is 14.1. The van der Waals surface area contributed by atoms with Crippen LogP contribution in [0.4, 0.5) is 5.69 Å². The number of benzene rings is 2. The van der Waals surface area contributed by atoms with Crippen LogP contribution in [0.5, 0.6) is 5.75 Å². The highest BCUT2D eigenvalue weighted by Crippen LogP contribution is 2.22. The maximum Gasteiger partial charge on any atom is 0.255 e. The second-order valence-corrected chi connectivity index (χ2v) is 7.12. The Labute approximate surface area is 156 Å². The number of carbonyl (C=O) groups excluding carboxylic acids is 1. The topological polar surface area (TPSA) is 32.8 Å². The Morgan fingerprint density at radius 1 is 1.04 bits per heavy atom. The van der Waals surface area contributed by atoms with Gasteiger partial charge >= 0.3 is 0 Å². The molecule has 0 atom stereocenters. The number of amides is 1. The lowest BCUT2D eigenvalue weighted by molar-refractivity contribution is 0.0745. The third kappa shape index (κ3) is 3.66. The lowest BCUT2D eigenvalue weighted by atomic mass is 10.1. The quantitative estimate of drug-likeness (QED) is 0.690. The zero-order chi connectivity index (χ0) is 17.1. The van der Waals surface area contributed by atoms with Crippen molar-refractivity contribution in [1.82, 2.24) is 4.90 Å². The molecule has 0 spiro atoms. The average Bonchev–Trinajstić information content (AvgIpc) is 2.61. The van der Waals surface area contributed by atoms with Crippen LogP contribution in [-0.2, 0) is 0 Å². The normalized spacial score (nSPS) is 14.6. The molecule has 0 aromatic heterocycles. The Morgan fingerprint density at radius 2 is 1.71 bits per heavy atom. The van der Waals surface area contributed by atoms with Crippen LogP contribution in [0.15, 0.2) is 42.5 Å². The molecule has 4 nitrogen and oxygen atoms in total. The van der Waals surface area contributed by atoms with E-state index in [1.165, 1.54) is 11.3 Å². The van der Waals surface area contributed by atoms with Gasteiger partial charge in [-0.1, -0.05) is 11.6 Å². The number of rotatable bonds is 3. The van der Waals surface area contributed by atoms with E-state index in [4.69, 9.17) is 4.74 Å².